The average Bonchev–Trinajstić information content (AvgIpc) is 2.87. The number of urea groups is 1. The lowest BCUT2D eigenvalue weighted by atomic mass is 9.86. The molecule has 1 saturated carbocycles. The fourth-order valence-electron chi connectivity index (χ4n) is 3.72. The smallest absolute Gasteiger partial charge is 0.315 e. The minimum Gasteiger partial charge on any atom is -0.396 e. The third-order valence-electron chi connectivity index (χ3n) is 5.75. The molecule has 3 unspecified atom stereocenters. The molecule has 0 aromatic rings. The van der Waals surface area contributed by atoms with E-state index in [-0.39, 0.29) is 24.1 Å². The zero-order valence-corrected chi connectivity index (χ0v) is 14.4. The molecule has 22 heavy (non-hydrogen) atoms. The summed E-state index contributed by atoms with van der Waals surface area (Å²) in [7, 11) is 0. The highest BCUT2D eigenvalue weighted by molar-refractivity contribution is 5.74. The second kappa shape index (κ2) is 7.64. The van der Waals surface area contributed by atoms with Crippen molar-refractivity contribution in [2.45, 2.75) is 65.0 Å². The Balaban J connectivity index is 1.71. The number of carbonyl (C=O) groups is 1. The van der Waals surface area contributed by atoms with E-state index in [1.807, 2.05) is 0 Å². The Bertz CT molecular complexity index is 369. The Morgan fingerprint density at radius 2 is 2.05 bits per heavy atom. The number of amides is 2. The Morgan fingerprint density at radius 3 is 2.68 bits per heavy atom. The number of rotatable bonds is 5. The largest absolute Gasteiger partial charge is 0.396 e. The second-order valence-electron chi connectivity index (χ2n) is 7.68. The van der Waals surface area contributed by atoms with Crippen molar-refractivity contribution in [3.05, 3.63) is 0 Å². The van der Waals surface area contributed by atoms with Gasteiger partial charge < -0.3 is 15.7 Å². The first-order valence-corrected chi connectivity index (χ1v) is 8.84. The van der Waals surface area contributed by atoms with Crippen LogP contribution in [-0.2, 0) is 0 Å². The van der Waals surface area contributed by atoms with Crippen LogP contribution in [0.1, 0.15) is 52.9 Å². The van der Waals surface area contributed by atoms with Crippen molar-refractivity contribution >= 4 is 6.03 Å². The molecule has 1 aliphatic carbocycles. The van der Waals surface area contributed by atoms with E-state index < -0.39 is 0 Å². The van der Waals surface area contributed by atoms with Crippen molar-refractivity contribution in [1.82, 2.24) is 15.5 Å². The molecule has 5 heteroatoms. The molecule has 128 valence electrons. The molecule has 2 fully saturated rings. The highest BCUT2D eigenvalue weighted by atomic mass is 16.3. The summed E-state index contributed by atoms with van der Waals surface area (Å²) in [6.07, 6.45) is 5.53. The molecule has 0 bridgehead atoms. The van der Waals surface area contributed by atoms with Crippen LogP contribution < -0.4 is 10.6 Å². The van der Waals surface area contributed by atoms with Crippen molar-refractivity contribution < 1.29 is 9.90 Å². The average molecular weight is 311 g/mol. The van der Waals surface area contributed by atoms with Crippen LogP contribution in [0.5, 0.6) is 0 Å². The van der Waals surface area contributed by atoms with E-state index in [9.17, 15) is 9.90 Å². The maximum Gasteiger partial charge on any atom is 0.315 e. The molecule has 1 heterocycles. The molecule has 1 saturated heterocycles. The Hall–Kier alpha value is -0.810. The number of nitrogens with one attached hydrogen (secondary N) is 2. The standard InChI is InChI=1S/C17H33N3O2/c1-13-6-9-20(10-7-13)14(2)11-18-16(22)19-15-5-4-8-17(15,3)12-21/h13-15,21H,4-12H2,1-3H3,(H2,18,19,22). The molecule has 3 atom stereocenters. The minimum atomic E-state index is -0.161. The van der Waals surface area contributed by atoms with Crippen LogP contribution in [0.2, 0.25) is 0 Å². The SMILES string of the molecule is CC1CCN(C(C)CNC(=O)NC2CCCC2(C)CO)CC1. The summed E-state index contributed by atoms with van der Waals surface area (Å²) < 4.78 is 0. The van der Waals surface area contributed by atoms with Gasteiger partial charge in [-0.2, -0.15) is 0 Å². The van der Waals surface area contributed by atoms with Gasteiger partial charge in [0, 0.05) is 24.0 Å². The molecule has 5 nitrogen and oxygen atoms in total. The number of likely N-dealkylation sites (tertiary alicyclic amines) is 1. The summed E-state index contributed by atoms with van der Waals surface area (Å²) in [6.45, 7) is 9.65. The van der Waals surface area contributed by atoms with E-state index in [2.05, 4.69) is 36.3 Å². The normalized spacial score (nSPS) is 31.9. The summed E-state index contributed by atoms with van der Waals surface area (Å²) in [5.41, 5.74) is -0.161. The van der Waals surface area contributed by atoms with Gasteiger partial charge in [0.05, 0.1) is 6.61 Å². The number of hydrogen-bond donors (Lipinski definition) is 3. The molecule has 3 N–H and O–H groups in total. The van der Waals surface area contributed by atoms with Crippen molar-refractivity contribution in [3.63, 3.8) is 0 Å². The molecule has 2 amide bonds. The zero-order chi connectivity index (χ0) is 16.2. The fraction of sp³-hybridized carbons (Fsp3) is 0.941. The van der Waals surface area contributed by atoms with E-state index in [4.69, 9.17) is 0 Å². The third kappa shape index (κ3) is 4.35. The zero-order valence-electron chi connectivity index (χ0n) is 14.4. The van der Waals surface area contributed by atoms with E-state index in [1.54, 1.807) is 0 Å². The van der Waals surface area contributed by atoms with Crippen molar-refractivity contribution in [2.75, 3.05) is 26.2 Å². The van der Waals surface area contributed by atoms with E-state index >= 15 is 0 Å². The lowest BCUT2D eigenvalue weighted by Crippen LogP contribution is -2.51. The number of aliphatic hydroxyl groups is 1. The van der Waals surface area contributed by atoms with Crippen LogP contribution in [0.4, 0.5) is 4.79 Å². The van der Waals surface area contributed by atoms with Gasteiger partial charge >= 0.3 is 6.03 Å². The molecule has 1 aliphatic heterocycles. The summed E-state index contributed by atoms with van der Waals surface area (Å²) in [6, 6.07) is 0.374. The maximum atomic E-state index is 12.1. The second-order valence-corrected chi connectivity index (χ2v) is 7.68. The molecular formula is C17H33N3O2. The number of aliphatic hydroxyl groups excluding tert-OH is 1. The van der Waals surface area contributed by atoms with Crippen LogP contribution in [0.3, 0.4) is 0 Å². The topological polar surface area (TPSA) is 64.6 Å². The Kier molecular flexibility index (Phi) is 6.09. The molecule has 0 radical (unpaired) electrons. The maximum absolute atomic E-state index is 12.1. The lowest BCUT2D eigenvalue weighted by molar-refractivity contribution is 0.119. The third-order valence-corrected chi connectivity index (χ3v) is 5.75. The highest BCUT2D eigenvalue weighted by Crippen LogP contribution is 2.37. The predicted octanol–water partition coefficient (Wildman–Crippen LogP) is 1.96. The van der Waals surface area contributed by atoms with Crippen LogP contribution in [0.25, 0.3) is 0 Å². The lowest BCUT2D eigenvalue weighted by Gasteiger charge is -2.35. The van der Waals surface area contributed by atoms with Gasteiger partial charge in [-0.15, -0.1) is 0 Å². The van der Waals surface area contributed by atoms with Crippen LogP contribution in [0, 0.1) is 11.3 Å². The first-order chi connectivity index (χ1) is 10.4. The van der Waals surface area contributed by atoms with Crippen LogP contribution in [-0.4, -0.2) is 54.4 Å². The summed E-state index contributed by atoms with van der Waals surface area (Å²) in [5.74, 6) is 0.832. The molecule has 2 rings (SSSR count). The number of piperidine rings is 1. The molecule has 0 aromatic heterocycles. The van der Waals surface area contributed by atoms with Gasteiger partial charge in [0.1, 0.15) is 0 Å². The van der Waals surface area contributed by atoms with E-state index in [0.29, 0.717) is 12.6 Å². The first kappa shape index (κ1) is 17.5. The quantitative estimate of drug-likeness (QED) is 0.727. The molecular weight excluding hydrogens is 278 g/mol. The summed E-state index contributed by atoms with van der Waals surface area (Å²) in [4.78, 5) is 14.6. The molecule has 0 aromatic carbocycles. The predicted molar refractivity (Wildman–Crippen MR) is 88.8 cm³/mol. The fourth-order valence-corrected chi connectivity index (χ4v) is 3.72. The number of hydrogen-bond acceptors (Lipinski definition) is 3. The summed E-state index contributed by atoms with van der Waals surface area (Å²) in [5, 5.41) is 15.6. The van der Waals surface area contributed by atoms with E-state index in [0.717, 1.165) is 38.3 Å². The van der Waals surface area contributed by atoms with E-state index in [1.165, 1.54) is 12.8 Å². The number of nitrogens with zero attached hydrogens (tertiary/aromatic N) is 1. The van der Waals surface area contributed by atoms with Gasteiger partial charge in [0.15, 0.2) is 0 Å². The van der Waals surface area contributed by atoms with Crippen molar-refractivity contribution in [3.8, 4) is 0 Å². The van der Waals surface area contributed by atoms with Crippen molar-refractivity contribution in [1.29, 1.82) is 0 Å². The van der Waals surface area contributed by atoms with Gasteiger partial charge in [-0.05, 0) is 51.6 Å². The van der Waals surface area contributed by atoms with Gasteiger partial charge in [-0.3, -0.25) is 4.90 Å². The van der Waals surface area contributed by atoms with Crippen LogP contribution >= 0.6 is 0 Å². The van der Waals surface area contributed by atoms with Gasteiger partial charge in [-0.25, -0.2) is 4.79 Å². The highest BCUT2D eigenvalue weighted by Gasteiger charge is 2.39. The number of carbonyl (C=O) groups excluding carboxylic acids is 1. The van der Waals surface area contributed by atoms with Gasteiger partial charge in [0.2, 0.25) is 0 Å². The summed E-state index contributed by atoms with van der Waals surface area (Å²) >= 11 is 0. The van der Waals surface area contributed by atoms with Crippen LogP contribution in [0.15, 0.2) is 0 Å². The molecule has 2 aliphatic rings. The minimum absolute atomic E-state index is 0.0867. The monoisotopic (exact) mass is 311 g/mol. The van der Waals surface area contributed by atoms with Crippen molar-refractivity contribution in [2.24, 2.45) is 11.3 Å². The van der Waals surface area contributed by atoms with Gasteiger partial charge in [0.25, 0.3) is 0 Å². The van der Waals surface area contributed by atoms with Gasteiger partial charge in [-0.1, -0.05) is 20.3 Å². The Morgan fingerprint density at radius 1 is 1.36 bits per heavy atom. The first-order valence-electron chi connectivity index (χ1n) is 8.84. The molecule has 0 spiro atoms. The Labute approximate surface area is 134 Å².